The van der Waals surface area contributed by atoms with Gasteiger partial charge in [-0.15, -0.1) is 0 Å². The molecule has 1 fully saturated rings. The molecule has 0 bridgehead atoms. The summed E-state index contributed by atoms with van der Waals surface area (Å²) in [5, 5.41) is 28.7. The highest BCUT2D eigenvalue weighted by atomic mass is 31.2. The van der Waals surface area contributed by atoms with Gasteiger partial charge in [-0.2, -0.15) is 4.98 Å². The number of carbonyl (C=O) groups is 1. The summed E-state index contributed by atoms with van der Waals surface area (Å²) in [6, 6.07) is 1.20. The Bertz CT molecular complexity index is 755. The van der Waals surface area contributed by atoms with Crippen LogP contribution in [0.15, 0.2) is 17.1 Å². The van der Waals surface area contributed by atoms with E-state index in [4.69, 9.17) is 9.94 Å². The van der Waals surface area contributed by atoms with Gasteiger partial charge in [-0.1, -0.05) is 0 Å². The molecule has 2 heterocycles. The zero-order valence-corrected chi connectivity index (χ0v) is 14.4. The Morgan fingerprint density at radius 1 is 1.46 bits per heavy atom. The number of hydrogen-bond donors (Lipinski definition) is 5. The summed E-state index contributed by atoms with van der Waals surface area (Å²) in [6.45, 7) is 0.580. The molecule has 1 aromatic rings. The molecule has 1 unspecified atom stereocenters. The van der Waals surface area contributed by atoms with Gasteiger partial charge in [-0.05, 0) is 13.0 Å². The van der Waals surface area contributed by atoms with Crippen LogP contribution < -0.4 is 11.2 Å². The number of hydrogen-bond acceptors (Lipinski definition) is 11. The van der Waals surface area contributed by atoms with Crippen molar-refractivity contribution >= 4 is 19.1 Å². The molecule has 5 atom stereocenters. The Morgan fingerprint density at radius 2 is 2.15 bits per heavy atom. The molecule has 0 saturated carbocycles. The Kier molecular flexibility index (Phi) is 6.47. The number of nitrogens with one attached hydrogen (secondary N) is 1. The van der Waals surface area contributed by atoms with Crippen LogP contribution >= 0.6 is 7.60 Å². The van der Waals surface area contributed by atoms with Crippen molar-refractivity contribution < 1.29 is 43.7 Å². The third kappa shape index (κ3) is 4.27. The van der Waals surface area contributed by atoms with E-state index < -0.39 is 50.1 Å². The van der Waals surface area contributed by atoms with Crippen molar-refractivity contribution in [2.45, 2.75) is 31.5 Å². The molecule has 14 heteroatoms. The van der Waals surface area contributed by atoms with E-state index in [0.717, 1.165) is 10.8 Å². The molecule has 0 radical (unpaired) electrons. The molecular formula is C12H18N3O10P. The van der Waals surface area contributed by atoms with Gasteiger partial charge in [0.15, 0.2) is 12.0 Å². The topological polar surface area (TPSA) is 190 Å². The zero-order valence-electron chi connectivity index (χ0n) is 13.5. The van der Waals surface area contributed by atoms with Crippen LogP contribution in [-0.4, -0.2) is 67.1 Å². The van der Waals surface area contributed by atoms with Gasteiger partial charge in [-0.25, -0.2) is 14.2 Å². The molecule has 1 saturated heterocycles. The predicted octanol–water partition coefficient (Wildman–Crippen LogP) is -0.978. The van der Waals surface area contributed by atoms with E-state index in [1.807, 2.05) is 0 Å². The molecule has 0 amide bonds. The molecule has 1 aliphatic rings. The second-order valence-electron chi connectivity index (χ2n) is 5.18. The third-order valence-corrected chi connectivity index (χ3v) is 4.56. The molecule has 146 valence electrons. The normalized spacial score (nSPS) is 27.7. The van der Waals surface area contributed by atoms with E-state index in [-0.39, 0.29) is 12.4 Å². The summed E-state index contributed by atoms with van der Waals surface area (Å²) in [5.74, 6) is -0.144. The molecule has 0 aromatic carbocycles. The molecule has 0 aliphatic carbocycles. The summed E-state index contributed by atoms with van der Waals surface area (Å²) in [6.07, 6.45) is -4.70. The maximum atomic E-state index is 11.9. The number of rotatable bonds is 7. The number of nitrogens with zero attached hydrogens (tertiary/aromatic N) is 2. The Labute approximate surface area is 146 Å². The predicted molar refractivity (Wildman–Crippen MR) is 82.6 cm³/mol. The first-order chi connectivity index (χ1) is 12.2. The molecule has 1 aromatic heterocycles. The van der Waals surface area contributed by atoms with Crippen LogP contribution in [0.3, 0.4) is 0 Å². The van der Waals surface area contributed by atoms with Gasteiger partial charge in [0.05, 0.1) is 13.2 Å². The summed E-state index contributed by atoms with van der Waals surface area (Å²) < 4.78 is 26.8. The van der Waals surface area contributed by atoms with Gasteiger partial charge in [0.25, 0.3) is 0 Å². The summed E-state index contributed by atoms with van der Waals surface area (Å²) >= 11 is 0. The fraction of sp³-hybridized carbons (Fsp3) is 0.583. The van der Waals surface area contributed by atoms with Crippen LogP contribution in [0.25, 0.3) is 0 Å². The van der Waals surface area contributed by atoms with Crippen LogP contribution in [0.1, 0.15) is 13.2 Å². The second-order valence-corrected chi connectivity index (χ2v) is 6.84. The fourth-order valence-corrected chi connectivity index (χ4v) is 2.94. The van der Waals surface area contributed by atoms with Crippen molar-refractivity contribution in [1.29, 1.82) is 0 Å². The van der Waals surface area contributed by atoms with Crippen molar-refractivity contribution in [2.24, 2.45) is 0 Å². The van der Waals surface area contributed by atoms with E-state index in [1.54, 1.807) is 5.48 Å². The molecular weight excluding hydrogens is 377 g/mol. The van der Waals surface area contributed by atoms with Gasteiger partial charge in [0.1, 0.15) is 18.3 Å². The SMILES string of the molecule is CCOC(=O)P(=O)(O)OC[C@H]1O[C@@H](n2ccc(NO)nc2=O)[C@H](O)[C@@H]1O. The summed E-state index contributed by atoms with van der Waals surface area (Å²) in [5.41, 5.74) is -0.690. The highest BCUT2D eigenvalue weighted by Gasteiger charge is 2.46. The Hall–Kier alpha value is -1.86. The van der Waals surface area contributed by atoms with Crippen LogP contribution in [0.2, 0.25) is 0 Å². The zero-order chi connectivity index (χ0) is 19.5. The summed E-state index contributed by atoms with van der Waals surface area (Å²) in [7, 11) is -4.76. The van der Waals surface area contributed by atoms with E-state index in [2.05, 4.69) is 14.2 Å². The highest BCUT2D eigenvalue weighted by molar-refractivity contribution is 7.70. The summed E-state index contributed by atoms with van der Waals surface area (Å²) in [4.78, 5) is 36.1. The fourth-order valence-electron chi connectivity index (χ4n) is 2.20. The molecule has 2 rings (SSSR count). The average molecular weight is 395 g/mol. The van der Waals surface area contributed by atoms with E-state index in [1.165, 1.54) is 13.0 Å². The van der Waals surface area contributed by atoms with Gasteiger partial charge < -0.3 is 24.6 Å². The lowest BCUT2D eigenvalue weighted by Crippen LogP contribution is -2.36. The smallest absolute Gasteiger partial charge is 0.435 e. The number of ether oxygens (including phenoxy) is 2. The molecule has 13 nitrogen and oxygen atoms in total. The third-order valence-electron chi connectivity index (χ3n) is 3.47. The van der Waals surface area contributed by atoms with Crippen molar-refractivity contribution in [3.8, 4) is 0 Å². The van der Waals surface area contributed by atoms with E-state index in [9.17, 15) is 29.3 Å². The van der Waals surface area contributed by atoms with Crippen LogP contribution in [0.4, 0.5) is 10.6 Å². The van der Waals surface area contributed by atoms with Crippen LogP contribution in [0.5, 0.6) is 0 Å². The lowest BCUT2D eigenvalue weighted by Gasteiger charge is -2.17. The number of carbonyl (C=O) groups excluding carboxylic acids is 1. The average Bonchev–Trinajstić information content (AvgIpc) is 2.88. The minimum atomic E-state index is -4.76. The van der Waals surface area contributed by atoms with Crippen molar-refractivity contribution in [1.82, 2.24) is 9.55 Å². The van der Waals surface area contributed by atoms with E-state index in [0.29, 0.717) is 0 Å². The maximum Gasteiger partial charge on any atom is 0.435 e. The lowest BCUT2D eigenvalue weighted by molar-refractivity contribution is -0.0523. The second kappa shape index (κ2) is 8.22. The van der Waals surface area contributed by atoms with Crippen molar-refractivity contribution in [3.05, 3.63) is 22.7 Å². The van der Waals surface area contributed by atoms with Crippen LogP contribution in [-0.2, 0) is 18.6 Å². The van der Waals surface area contributed by atoms with Crippen LogP contribution in [0, 0.1) is 0 Å². The standard InChI is InChI=1S/C12H18N3O10P/c1-2-23-12(19)26(21,22)24-5-6-8(16)9(17)10(25-6)15-4-3-7(14-20)13-11(15)18/h3-4,6,8-10,16-17,20H,2,5H2,1H3,(H,21,22)(H,13,14,18)/t6-,8-,9-,10-/m1/s1. The molecule has 1 aliphatic heterocycles. The highest BCUT2D eigenvalue weighted by Crippen LogP contribution is 2.45. The van der Waals surface area contributed by atoms with Gasteiger partial charge in [0.2, 0.25) is 0 Å². The van der Waals surface area contributed by atoms with Gasteiger partial charge in [0, 0.05) is 6.20 Å². The van der Waals surface area contributed by atoms with Gasteiger partial charge in [-0.3, -0.25) is 19.8 Å². The minimum Gasteiger partial charge on any atom is -0.457 e. The number of aliphatic hydroxyl groups is 2. The molecule has 5 N–H and O–H groups in total. The Balaban J connectivity index is 2.09. The molecule has 0 spiro atoms. The maximum absolute atomic E-state index is 11.9. The van der Waals surface area contributed by atoms with E-state index >= 15 is 0 Å². The quantitative estimate of drug-likeness (QED) is 0.281. The Morgan fingerprint density at radius 3 is 2.73 bits per heavy atom. The van der Waals surface area contributed by atoms with Crippen molar-refractivity contribution in [3.63, 3.8) is 0 Å². The molecule has 26 heavy (non-hydrogen) atoms. The number of anilines is 1. The first kappa shape index (κ1) is 20.5. The lowest BCUT2D eigenvalue weighted by atomic mass is 10.1. The minimum absolute atomic E-state index is 0.134. The first-order valence-electron chi connectivity index (χ1n) is 7.36. The first-order valence-corrected chi connectivity index (χ1v) is 8.94. The van der Waals surface area contributed by atoms with Gasteiger partial charge >= 0.3 is 19.0 Å². The largest absolute Gasteiger partial charge is 0.457 e. The monoisotopic (exact) mass is 395 g/mol. The number of aliphatic hydroxyl groups excluding tert-OH is 2. The van der Waals surface area contributed by atoms with Crippen molar-refractivity contribution in [2.75, 3.05) is 18.7 Å². The number of aromatic nitrogens is 2.